The van der Waals surface area contributed by atoms with Crippen LogP contribution in [-0.4, -0.2) is 24.2 Å². The van der Waals surface area contributed by atoms with Gasteiger partial charge in [-0.15, -0.1) is 0 Å². The standard InChI is InChI=1S/C32H30N2O4/c1-35-27-10-6-7-11-28(27)38-20-30-33-31-26(14-15-29(36-2)32(31)34-30)24-16-22-12-13-25(18-23(22)17-24)37-19-21-8-4-3-5-9-21/h3-15,18,24H,16-17,19-20H2,1-2H3,(H,33,34). The molecule has 1 aliphatic rings. The molecule has 38 heavy (non-hydrogen) atoms. The smallest absolute Gasteiger partial charge is 0.161 e. The van der Waals surface area contributed by atoms with E-state index in [1.54, 1.807) is 14.2 Å². The van der Waals surface area contributed by atoms with Gasteiger partial charge in [0.25, 0.3) is 0 Å². The molecule has 192 valence electrons. The number of para-hydroxylation sites is 2. The van der Waals surface area contributed by atoms with Gasteiger partial charge in [0, 0.05) is 0 Å². The van der Waals surface area contributed by atoms with Gasteiger partial charge in [0.1, 0.15) is 36.1 Å². The van der Waals surface area contributed by atoms with Gasteiger partial charge in [-0.2, -0.15) is 0 Å². The van der Waals surface area contributed by atoms with Crippen LogP contribution in [0.1, 0.15) is 34.0 Å². The minimum Gasteiger partial charge on any atom is -0.494 e. The molecule has 5 aromatic rings. The van der Waals surface area contributed by atoms with Crippen LogP contribution in [0, 0.1) is 0 Å². The summed E-state index contributed by atoms with van der Waals surface area (Å²) >= 11 is 0. The van der Waals surface area contributed by atoms with Crippen LogP contribution in [0.2, 0.25) is 0 Å². The maximum absolute atomic E-state index is 6.09. The van der Waals surface area contributed by atoms with E-state index in [-0.39, 0.29) is 0 Å². The van der Waals surface area contributed by atoms with Gasteiger partial charge in [-0.25, -0.2) is 4.98 Å². The molecule has 0 bridgehead atoms. The summed E-state index contributed by atoms with van der Waals surface area (Å²) in [6.07, 6.45) is 1.92. The number of methoxy groups -OCH3 is 2. The van der Waals surface area contributed by atoms with Crippen molar-refractivity contribution in [2.45, 2.75) is 32.0 Å². The zero-order valence-corrected chi connectivity index (χ0v) is 21.6. The maximum atomic E-state index is 6.09. The number of hydrogen-bond acceptors (Lipinski definition) is 5. The van der Waals surface area contributed by atoms with E-state index in [0.717, 1.165) is 46.8 Å². The molecule has 1 atom stereocenters. The first-order valence-electron chi connectivity index (χ1n) is 12.8. The number of rotatable bonds is 9. The lowest BCUT2D eigenvalue weighted by Crippen LogP contribution is -2.00. The Hall–Kier alpha value is -4.45. The van der Waals surface area contributed by atoms with Gasteiger partial charge >= 0.3 is 0 Å². The minimum absolute atomic E-state index is 0.296. The molecule has 6 nitrogen and oxygen atoms in total. The molecule has 0 radical (unpaired) electrons. The van der Waals surface area contributed by atoms with E-state index in [1.807, 2.05) is 48.5 Å². The van der Waals surface area contributed by atoms with E-state index in [2.05, 4.69) is 41.4 Å². The third-order valence-corrected chi connectivity index (χ3v) is 7.14. The third-order valence-electron chi connectivity index (χ3n) is 7.14. The number of aromatic nitrogens is 2. The van der Waals surface area contributed by atoms with Gasteiger partial charge in [0.15, 0.2) is 11.5 Å². The monoisotopic (exact) mass is 506 g/mol. The van der Waals surface area contributed by atoms with Gasteiger partial charge in [0.2, 0.25) is 0 Å². The van der Waals surface area contributed by atoms with Gasteiger partial charge < -0.3 is 23.9 Å². The molecule has 1 N–H and O–H groups in total. The van der Waals surface area contributed by atoms with E-state index in [0.29, 0.717) is 30.6 Å². The highest BCUT2D eigenvalue weighted by Crippen LogP contribution is 2.40. The molecular weight excluding hydrogens is 476 g/mol. The summed E-state index contributed by atoms with van der Waals surface area (Å²) in [4.78, 5) is 8.35. The van der Waals surface area contributed by atoms with Gasteiger partial charge in [-0.05, 0) is 71.3 Å². The number of nitrogens with one attached hydrogen (secondary N) is 1. The fraction of sp³-hybridized carbons (Fsp3) is 0.219. The van der Waals surface area contributed by atoms with Crippen LogP contribution in [0.4, 0.5) is 0 Å². The summed E-state index contributed by atoms with van der Waals surface area (Å²) in [6.45, 7) is 0.862. The molecule has 0 aliphatic heterocycles. The van der Waals surface area contributed by atoms with Crippen molar-refractivity contribution in [1.82, 2.24) is 9.97 Å². The second-order valence-corrected chi connectivity index (χ2v) is 9.51. The summed E-state index contributed by atoms with van der Waals surface area (Å²) in [6, 6.07) is 28.5. The average Bonchev–Trinajstić information content (AvgIpc) is 3.59. The predicted octanol–water partition coefficient (Wildman–Crippen LogP) is 6.62. The zero-order chi connectivity index (χ0) is 25.9. The van der Waals surface area contributed by atoms with Crippen LogP contribution in [0.15, 0.2) is 84.9 Å². The minimum atomic E-state index is 0.296. The Bertz CT molecular complexity index is 1560. The van der Waals surface area contributed by atoms with Crippen LogP contribution in [0.25, 0.3) is 11.0 Å². The fourth-order valence-corrected chi connectivity index (χ4v) is 5.24. The van der Waals surface area contributed by atoms with Gasteiger partial charge in [-0.3, -0.25) is 0 Å². The van der Waals surface area contributed by atoms with Gasteiger partial charge in [-0.1, -0.05) is 54.6 Å². The Kier molecular flexibility index (Phi) is 6.61. The SMILES string of the molecule is COc1ccccc1OCc1nc2c(OC)ccc(C3Cc4ccc(OCc5ccccc5)cc4C3)c2[nH]1. The van der Waals surface area contributed by atoms with Crippen LogP contribution >= 0.6 is 0 Å². The molecule has 0 amide bonds. The second-order valence-electron chi connectivity index (χ2n) is 9.51. The molecule has 6 rings (SSSR count). The lowest BCUT2D eigenvalue weighted by molar-refractivity contribution is 0.277. The first kappa shape index (κ1) is 23.9. The number of hydrogen-bond donors (Lipinski definition) is 1. The molecule has 1 unspecified atom stereocenters. The zero-order valence-electron chi connectivity index (χ0n) is 21.6. The average molecular weight is 507 g/mol. The number of fused-ring (bicyclic) bond motifs is 2. The van der Waals surface area contributed by atoms with Crippen molar-refractivity contribution in [2.24, 2.45) is 0 Å². The Morgan fingerprint density at radius 3 is 2.32 bits per heavy atom. The highest BCUT2D eigenvalue weighted by atomic mass is 16.5. The van der Waals surface area contributed by atoms with Gasteiger partial charge in [0.05, 0.1) is 19.7 Å². The Labute approximate surface area is 222 Å². The highest BCUT2D eigenvalue weighted by Gasteiger charge is 2.27. The number of benzene rings is 4. The predicted molar refractivity (Wildman–Crippen MR) is 147 cm³/mol. The van der Waals surface area contributed by atoms with Crippen molar-refractivity contribution < 1.29 is 18.9 Å². The third kappa shape index (κ3) is 4.77. The van der Waals surface area contributed by atoms with E-state index in [9.17, 15) is 0 Å². The molecule has 1 heterocycles. The van der Waals surface area contributed by atoms with Crippen molar-refractivity contribution >= 4 is 11.0 Å². The number of aromatic amines is 1. The fourth-order valence-electron chi connectivity index (χ4n) is 5.24. The first-order valence-corrected chi connectivity index (χ1v) is 12.8. The number of H-pyrrole nitrogens is 1. The molecule has 1 aliphatic carbocycles. The first-order chi connectivity index (χ1) is 18.7. The number of nitrogens with zero attached hydrogens (tertiary/aromatic N) is 1. The van der Waals surface area contributed by atoms with E-state index >= 15 is 0 Å². The summed E-state index contributed by atoms with van der Waals surface area (Å²) in [5, 5.41) is 0. The molecule has 6 heteroatoms. The molecule has 0 fully saturated rings. The normalized spacial score (nSPS) is 14.3. The summed E-state index contributed by atoms with van der Waals surface area (Å²) in [5.41, 5.74) is 6.93. The van der Waals surface area contributed by atoms with Crippen molar-refractivity contribution in [2.75, 3.05) is 14.2 Å². The second kappa shape index (κ2) is 10.5. The number of ether oxygens (including phenoxy) is 4. The largest absolute Gasteiger partial charge is 0.494 e. The summed E-state index contributed by atoms with van der Waals surface area (Å²) < 4.78 is 23.2. The molecular formula is C32H30N2O4. The molecule has 0 spiro atoms. The Balaban J connectivity index is 1.22. The van der Waals surface area contributed by atoms with E-state index in [4.69, 9.17) is 23.9 Å². The summed E-state index contributed by atoms with van der Waals surface area (Å²) in [5.74, 6) is 4.10. The van der Waals surface area contributed by atoms with Crippen LogP contribution in [0.3, 0.4) is 0 Å². The molecule has 0 saturated carbocycles. The van der Waals surface area contributed by atoms with Crippen molar-refractivity contribution in [1.29, 1.82) is 0 Å². The van der Waals surface area contributed by atoms with E-state index < -0.39 is 0 Å². The number of imidazole rings is 1. The maximum Gasteiger partial charge on any atom is 0.161 e. The van der Waals surface area contributed by atoms with E-state index in [1.165, 1.54) is 16.7 Å². The van der Waals surface area contributed by atoms with Crippen molar-refractivity contribution in [3.05, 3.63) is 113 Å². The Morgan fingerprint density at radius 1 is 0.737 bits per heavy atom. The molecule has 1 aromatic heterocycles. The van der Waals surface area contributed by atoms with Crippen molar-refractivity contribution in [3.63, 3.8) is 0 Å². The van der Waals surface area contributed by atoms with Crippen LogP contribution < -0.4 is 18.9 Å². The van der Waals surface area contributed by atoms with Crippen molar-refractivity contribution in [3.8, 4) is 23.0 Å². The molecule has 4 aromatic carbocycles. The topological polar surface area (TPSA) is 65.6 Å². The van der Waals surface area contributed by atoms with Crippen LogP contribution in [0.5, 0.6) is 23.0 Å². The Morgan fingerprint density at radius 2 is 1.50 bits per heavy atom. The lowest BCUT2D eigenvalue weighted by Gasteiger charge is -2.12. The molecule has 0 saturated heterocycles. The quantitative estimate of drug-likeness (QED) is 0.243. The highest BCUT2D eigenvalue weighted by molar-refractivity contribution is 5.85. The summed E-state index contributed by atoms with van der Waals surface area (Å²) in [7, 11) is 3.31. The van der Waals surface area contributed by atoms with Crippen LogP contribution in [-0.2, 0) is 26.1 Å². The lowest BCUT2D eigenvalue weighted by atomic mass is 9.95.